The van der Waals surface area contributed by atoms with Gasteiger partial charge in [-0.05, 0) is 29.8 Å². The molecule has 0 bridgehead atoms. The molecule has 6 heteroatoms. The van der Waals surface area contributed by atoms with Gasteiger partial charge in [-0.25, -0.2) is 14.2 Å². The van der Waals surface area contributed by atoms with E-state index >= 15 is 0 Å². The summed E-state index contributed by atoms with van der Waals surface area (Å²) in [6.07, 6.45) is 0. The number of benzene rings is 2. The van der Waals surface area contributed by atoms with Crippen molar-refractivity contribution in [1.82, 2.24) is 10.3 Å². The summed E-state index contributed by atoms with van der Waals surface area (Å²) < 4.78 is 13.8. The van der Waals surface area contributed by atoms with Crippen molar-refractivity contribution in [3.05, 3.63) is 59.9 Å². The van der Waals surface area contributed by atoms with Gasteiger partial charge in [-0.15, -0.1) is 0 Å². The van der Waals surface area contributed by atoms with Crippen LogP contribution in [-0.2, 0) is 6.54 Å². The monoisotopic (exact) mass is 301 g/mol. The second kappa shape index (κ2) is 5.88. The maximum absolute atomic E-state index is 12.8. The molecule has 2 amide bonds. The number of halogens is 1. The summed E-state index contributed by atoms with van der Waals surface area (Å²) in [6, 6.07) is 13.3. The van der Waals surface area contributed by atoms with E-state index in [1.54, 1.807) is 12.1 Å². The molecule has 3 aromatic rings. The van der Waals surface area contributed by atoms with E-state index in [4.69, 9.17) is 0 Å². The van der Waals surface area contributed by atoms with Gasteiger partial charge in [-0.1, -0.05) is 35.6 Å². The predicted molar refractivity (Wildman–Crippen MR) is 81.9 cm³/mol. The average molecular weight is 301 g/mol. The first kappa shape index (κ1) is 13.5. The van der Waals surface area contributed by atoms with Crippen LogP contribution in [0.2, 0.25) is 0 Å². The van der Waals surface area contributed by atoms with Gasteiger partial charge in [0.1, 0.15) is 5.82 Å². The quantitative estimate of drug-likeness (QED) is 0.774. The number of nitrogens with zero attached hydrogens (tertiary/aromatic N) is 1. The zero-order chi connectivity index (χ0) is 14.7. The predicted octanol–water partition coefficient (Wildman–Crippen LogP) is 3.76. The number of carbonyl (C=O) groups is 1. The third-order valence-electron chi connectivity index (χ3n) is 2.88. The van der Waals surface area contributed by atoms with E-state index in [-0.39, 0.29) is 11.8 Å². The summed E-state index contributed by atoms with van der Waals surface area (Å²) in [5.74, 6) is -0.294. The van der Waals surface area contributed by atoms with Gasteiger partial charge in [-0.3, -0.25) is 5.32 Å². The number of nitrogens with one attached hydrogen (secondary N) is 2. The number of thiazole rings is 1. The standard InChI is InChI=1S/C15H12FN3OS/c16-11-7-5-10(6-8-11)9-17-14(20)19-15-18-12-3-1-2-4-13(12)21-15/h1-8H,9H2,(H2,17,18,19,20). The fourth-order valence-electron chi connectivity index (χ4n) is 1.85. The first-order valence-corrected chi connectivity index (χ1v) is 7.17. The van der Waals surface area contributed by atoms with Crippen molar-refractivity contribution in [2.45, 2.75) is 6.54 Å². The Labute approximate surface area is 124 Å². The van der Waals surface area contributed by atoms with Crippen molar-refractivity contribution in [1.29, 1.82) is 0 Å². The second-order valence-corrected chi connectivity index (χ2v) is 5.45. The minimum atomic E-state index is -0.335. The molecule has 2 N–H and O–H groups in total. The third kappa shape index (κ3) is 3.35. The van der Waals surface area contributed by atoms with E-state index in [2.05, 4.69) is 15.6 Å². The number of urea groups is 1. The van der Waals surface area contributed by atoms with Gasteiger partial charge in [0.25, 0.3) is 0 Å². The Kier molecular flexibility index (Phi) is 3.79. The smallest absolute Gasteiger partial charge is 0.321 e. The number of anilines is 1. The molecule has 0 aliphatic rings. The van der Waals surface area contributed by atoms with Crippen LogP contribution < -0.4 is 10.6 Å². The van der Waals surface area contributed by atoms with E-state index in [1.807, 2.05) is 24.3 Å². The molecule has 1 heterocycles. The largest absolute Gasteiger partial charge is 0.334 e. The van der Waals surface area contributed by atoms with E-state index < -0.39 is 0 Å². The summed E-state index contributed by atoms with van der Waals surface area (Å²) in [4.78, 5) is 16.1. The molecule has 0 atom stereocenters. The third-order valence-corrected chi connectivity index (χ3v) is 3.83. The van der Waals surface area contributed by atoms with Crippen molar-refractivity contribution < 1.29 is 9.18 Å². The molecule has 0 unspecified atom stereocenters. The van der Waals surface area contributed by atoms with E-state index in [0.717, 1.165) is 15.8 Å². The van der Waals surface area contributed by atoms with Crippen molar-refractivity contribution in [3.63, 3.8) is 0 Å². The molecule has 0 aliphatic carbocycles. The Morgan fingerprint density at radius 3 is 2.67 bits per heavy atom. The minimum absolute atomic E-state index is 0.294. The van der Waals surface area contributed by atoms with E-state index in [1.165, 1.54) is 23.5 Å². The van der Waals surface area contributed by atoms with Gasteiger partial charge >= 0.3 is 6.03 Å². The van der Waals surface area contributed by atoms with Crippen LogP contribution in [0.3, 0.4) is 0 Å². The van der Waals surface area contributed by atoms with Gasteiger partial charge in [0.15, 0.2) is 5.13 Å². The molecular weight excluding hydrogens is 289 g/mol. The number of carbonyl (C=O) groups excluding carboxylic acids is 1. The topological polar surface area (TPSA) is 54.0 Å². The van der Waals surface area contributed by atoms with Crippen LogP contribution in [0.1, 0.15) is 5.56 Å². The fraction of sp³-hybridized carbons (Fsp3) is 0.0667. The lowest BCUT2D eigenvalue weighted by Gasteiger charge is -2.05. The summed E-state index contributed by atoms with van der Waals surface area (Å²) in [5.41, 5.74) is 1.69. The summed E-state index contributed by atoms with van der Waals surface area (Å²) in [7, 11) is 0. The number of fused-ring (bicyclic) bond motifs is 1. The highest BCUT2D eigenvalue weighted by Gasteiger charge is 2.07. The lowest BCUT2D eigenvalue weighted by atomic mass is 10.2. The molecule has 106 valence electrons. The number of rotatable bonds is 3. The molecule has 0 fully saturated rings. The van der Waals surface area contributed by atoms with Crippen LogP contribution >= 0.6 is 11.3 Å². The molecule has 0 spiro atoms. The average Bonchev–Trinajstić information content (AvgIpc) is 2.88. The molecule has 3 rings (SSSR count). The van der Waals surface area contributed by atoms with Gasteiger partial charge < -0.3 is 5.32 Å². The first-order chi connectivity index (χ1) is 10.2. The van der Waals surface area contributed by atoms with Crippen molar-refractivity contribution in [3.8, 4) is 0 Å². The summed E-state index contributed by atoms with van der Waals surface area (Å²) >= 11 is 1.42. The highest BCUT2D eigenvalue weighted by molar-refractivity contribution is 7.22. The van der Waals surface area contributed by atoms with Crippen LogP contribution in [0.25, 0.3) is 10.2 Å². The van der Waals surface area contributed by atoms with E-state index in [0.29, 0.717) is 11.7 Å². The lowest BCUT2D eigenvalue weighted by molar-refractivity contribution is 0.251. The highest BCUT2D eigenvalue weighted by atomic mass is 32.1. The number of hydrogen-bond donors (Lipinski definition) is 2. The molecule has 21 heavy (non-hydrogen) atoms. The number of para-hydroxylation sites is 1. The maximum atomic E-state index is 12.8. The molecule has 0 saturated carbocycles. The zero-order valence-electron chi connectivity index (χ0n) is 11.0. The normalized spacial score (nSPS) is 10.5. The van der Waals surface area contributed by atoms with Crippen molar-refractivity contribution >= 4 is 32.7 Å². The molecular formula is C15H12FN3OS. The summed E-state index contributed by atoms with van der Waals surface area (Å²) in [6.45, 7) is 0.330. The van der Waals surface area contributed by atoms with Crippen molar-refractivity contribution in [2.24, 2.45) is 0 Å². The Hall–Kier alpha value is -2.47. The number of aromatic nitrogens is 1. The Morgan fingerprint density at radius 1 is 1.14 bits per heavy atom. The van der Waals surface area contributed by atoms with Crippen LogP contribution in [0.15, 0.2) is 48.5 Å². The number of hydrogen-bond acceptors (Lipinski definition) is 3. The Balaban J connectivity index is 1.59. The summed E-state index contributed by atoms with van der Waals surface area (Å²) in [5, 5.41) is 5.95. The van der Waals surface area contributed by atoms with Gasteiger partial charge in [-0.2, -0.15) is 0 Å². The Bertz CT molecular complexity index is 737. The molecule has 0 aliphatic heterocycles. The maximum Gasteiger partial charge on any atom is 0.321 e. The Morgan fingerprint density at radius 2 is 1.90 bits per heavy atom. The lowest BCUT2D eigenvalue weighted by Crippen LogP contribution is -2.28. The molecule has 0 saturated heterocycles. The highest BCUT2D eigenvalue weighted by Crippen LogP contribution is 2.25. The fourth-order valence-corrected chi connectivity index (χ4v) is 2.71. The molecule has 0 radical (unpaired) electrons. The van der Waals surface area contributed by atoms with Crippen LogP contribution in [0.5, 0.6) is 0 Å². The first-order valence-electron chi connectivity index (χ1n) is 6.35. The molecule has 1 aromatic heterocycles. The van der Waals surface area contributed by atoms with Gasteiger partial charge in [0.05, 0.1) is 10.2 Å². The SMILES string of the molecule is O=C(NCc1ccc(F)cc1)Nc1nc2ccccc2s1. The van der Waals surface area contributed by atoms with E-state index in [9.17, 15) is 9.18 Å². The second-order valence-electron chi connectivity index (χ2n) is 4.42. The van der Waals surface area contributed by atoms with Crippen molar-refractivity contribution in [2.75, 3.05) is 5.32 Å². The zero-order valence-corrected chi connectivity index (χ0v) is 11.8. The minimum Gasteiger partial charge on any atom is -0.334 e. The number of amides is 2. The van der Waals surface area contributed by atoms with Crippen LogP contribution in [-0.4, -0.2) is 11.0 Å². The van der Waals surface area contributed by atoms with Gasteiger partial charge in [0, 0.05) is 6.54 Å². The molecule has 2 aromatic carbocycles. The van der Waals surface area contributed by atoms with Crippen LogP contribution in [0.4, 0.5) is 14.3 Å². The molecule has 4 nitrogen and oxygen atoms in total. The van der Waals surface area contributed by atoms with Crippen LogP contribution in [0, 0.1) is 5.82 Å². The van der Waals surface area contributed by atoms with Gasteiger partial charge in [0.2, 0.25) is 0 Å².